The summed E-state index contributed by atoms with van der Waals surface area (Å²) < 4.78 is 1.92. The molecule has 0 bridgehead atoms. The highest BCUT2D eigenvalue weighted by Crippen LogP contribution is 2.11. The van der Waals surface area contributed by atoms with Gasteiger partial charge in [0.1, 0.15) is 0 Å². The third-order valence-electron chi connectivity index (χ3n) is 5.20. The van der Waals surface area contributed by atoms with Gasteiger partial charge in [-0.15, -0.1) is 0 Å². The Bertz CT molecular complexity index is 735. The van der Waals surface area contributed by atoms with Crippen molar-refractivity contribution >= 4 is 5.96 Å². The summed E-state index contributed by atoms with van der Waals surface area (Å²) in [6.07, 6.45) is 1.05. The molecular weight excluding hydrogens is 336 g/mol. The minimum absolute atomic E-state index is 0.485. The number of guanidine groups is 1. The van der Waals surface area contributed by atoms with Crippen LogP contribution in [0.3, 0.4) is 0 Å². The minimum Gasteiger partial charge on any atom is -0.356 e. The molecule has 2 aromatic rings. The van der Waals surface area contributed by atoms with Crippen LogP contribution >= 0.6 is 0 Å². The van der Waals surface area contributed by atoms with Crippen LogP contribution in [0.4, 0.5) is 0 Å². The lowest BCUT2D eigenvalue weighted by molar-refractivity contribution is 0.238. The van der Waals surface area contributed by atoms with Crippen molar-refractivity contribution in [2.45, 2.75) is 46.3 Å². The van der Waals surface area contributed by atoms with Crippen molar-refractivity contribution in [3.05, 3.63) is 52.8 Å². The molecule has 27 heavy (non-hydrogen) atoms. The molecule has 1 aromatic heterocycles. The zero-order valence-electron chi connectivity index (χ0n) is 17.6. The van der Waals surface area contributed by atoms with E-state index in [1.807, 2.05) is 25.7 Å². The van der Waals surface area contributed by atoms with Crippen molar-refractivity contribution in [1.82, 2.24) is 25.3 Å². The van der Waals surface area contributed by atoms with Gasteiger partial charge in [0.2, 0.25) is 0 Å². The summed E-state index contributed by atoms with van der Waals surface area (Å²) in [5.41, 5.74) is 4.83. The molecule has 0 aliphatic heterocycles. The molecule has 0 saturated heterocycles. The first-order chi connectivity index (χ1) is 12.9. The summed E-state index contributed by atoms with van der Waals surface area (Å²) in [4.78, 5) is 6.72. The SMILES string of the molecule is CN=C(NCCC(C)N(C)Cc1ccccc1)NCc1c(C)nn(C)c1C. The van der Waals surface area contributed by atoms with Gasteiger partial charge in [-0.25, -0.2) is 0 Å². The molecule has 148 valence electrons. The largest absolute Gasteiger partial charge is 0.356 e. The number of hydrogen-bond donors (Lipinski definition) is 2. The highest BCUT2D eigenvalue weighted by Gasteiger charge is 2.11. The lowest BCUT2D eigenvalue weighted by Crippen LogP contribution is -2.39. The first-order valence-corrected chi connectivity index (χ1v) is 9.60. The molecule has 1 atom stereocenters. The van der Waals surface area contributed by atoms with E-state index in [0.29, 0.717) is 6.04 Å². The van der Waals surface area contributed by atoms with Crippen molar-refractivity contribution in [3.63, 3.8) is 0 Å². The highest BCUT2D eigenvalue weighted by molar-refractivity contribution is 5.79. The number of rotatable bonds is 8. The maximum Gasteiger partial charge on any atom is 0.191 e. The van der Waals surface area contributed by atoms with Crippen LogP contribution in [-0.4, -0.2) is 47.3 Å². The van der Waals surface area contributed by atoms with Crippen molar-refractivity contribution in [2.75, 3.05) is 20.6 Å². The maximum atomic E-state index is 4.46. The second-order valence-corrected chi connectivity index (χ2v) is 7.16. The number of aliphatic imine (C=N–C) groups is 1. The fourth-order valence-electron chi connectivity index (χ4n) is 3.11. The molecule has 6 nitrogen and oxygen atoms in total. The molecule has 2 N–H and O–H groups in total. The molecule has 0 fully saturated rings. The van der Waals surface area contributed by atoms with Gasteiger partial charge in [-0.2, -0.15) is 5.10 Å². The van der Waals surface area contributed by atoms with Crippen molar-refractivity contribution in [1.29, 1.82) is 0 Å². The van der Waals surface area contributed by atoms with Gasteiger partial charge in [0.25, 0.3) is 0 Å². The molecule has 0 amide bonds. The van der Waals surface area contributed by atoms with Gasteiger partial charge < -0.3 is 10.6 Å². The number of aromatic nitrogens is 2. The third kappa shape index (κ3) is 6.10. The van der Waals surface area contributed by atoms with E-state index in [0.717, 1.165) is 37.7 Å². The van der Waals surface area contributed by atoms with Gasteiger partial charge in [-0.1, -0.05) is 30.3 Å². The number of nitrogens with one attached hydrogen (secondary N) is 2. The standard InChI is InChI=1S/C21H34N6/c1-16(26(5)15-19-10-8-7-9-11-19)12-13-23-21(22-4)24-14-20-17(2)25-27(6)18(20)3/h7-11,16H,12-15H2,1-6H3,(H2,22,23,24). The Morgan fingerprint density at radius 2 is 1.93 bits per heavy atom. The summed E-state index contributed by atoms with van der Waals surface area (Å²) >= 11 is 0. The van der Waals surface area contributed by atoms with E-state index in [-0.39, 0.29) is 0 Å². The van der Waals surface area contributed by atoms with E-state index in [9.17, 15) is 0 Å². The summed E-state index contributed by atoms with van der Waals surface area (Å²) in [5.74, 6) is 0.829. The van der Waals surface area contributed by atoms with Gasteiger partial charge in [-0.3, -0.25) is 14.6 Å². The molecule has 0 spiro atoms. The number of aryl methyl sites for hydroxylation is 2. The molecule has 0 saturated carbocycles. The van der Waals surface area contributed by atoms with Crippen LogP contribution in [0.15, 0.2) is 35.3 Å². The summed E-state index contributed by atoms with van der Waals surface area (Å²) in [6, 6.07) is 11.1. The van der Waals surface area contributed by atoms with Gasteiger partial charge in [0.05, 0.1) is 5.69 Å². The van der Waals surface area contributed by atoms with E-state index in [1.54, 1.807) is 0 Å². The Kier molecular flexibility index (Phi) is 7.85. The average molecular weight is 371 g/mol. The molecule has 0 aliphatic carbocycles. The van der Waals surface area contributed by atoms with Gasteiger partial charge >= 0.3 is 0 Å². The Balaban J connectivity index is 1.75. The lowest BCUT2D eigenvalue weighted by Gasteiger charge is -2.25. The molecule has 1 unspecified atom stereocenters. The number of nitrogens with zero attached hydrogens (tertiary/aromatic N) is 4. The van der Waals surface area contributed by atoms with Crippen molar-refractivity contribution in [3.8, 4) is 0 Å². The number of benzene rings is 1. The van der Waals surface area contributed by atoms with Crippen molar-refractivity contribution < 1.29 is 0 Å². The van der Waals surface area contributed by atoms with Crippen LogP contribution in [0.25, 0.3) is 0 Å². The first-order valence-electron chi connectivity index (χ1n) is 9.60. The number of hydrogen-bond acceptors (Lipinski definition) is 3. The topological polar surface area (TPSA) is 57.5 Å². The van der Waals surface area contributed by atoms with Gasteiger partial charge in [-0.05, 0) is 39.8 Å². The van der Waals surface area contributed by atoms with E-state index >= 15 is 0 Å². The Labute approximate surface area is 163 Å². The van der Waals surface area contributed by atoms with Crippen LogP contribution in [0.1, 0.15) is 35.9 Å². The van der Waals surface area contributed by atoms with E-state index < -0.39 is 0 Å². The Morgan fingerprint density at radius 1 is 1.22 bits per heavy atom. The monoisotopic (exact) mass is 370 g/mol. The van der Waals surface area contributed by atoms with Crippen LogP contribution in [-0.2, 0) is 20.1 Å². The molecular formula is C21H34N6. The summed E-state index contributed by atoms with van der Waals surface area (Å²) in [6.45, 7) is 8.99. The average Bonchev–Trinajstić information content (AvgIpc) is 2.90. The van der Waals surface area contributed by atoms with Gasteiger partial charge in [0.15, 0.2) is 5.96 Å². The van der Waals surface area contributed by atoms with E-state index in [4.69, 9.17) is 0 Å². The minimum atomic E-state index is 0.485. The zero-order valence-corrected chi connectivity index (χ0v) is 17.6. The van der Waals surface area contributed by atoms with E-state index in [2.05, 4.69) is 76.9 Å². The van der Waals surface area contributed by atoms with Crippen LogP contribution in [0.5, 0.6) is 0 Å². The summed E-state index contributed by atoms with van der Waals surface area (Å²) in [5, 5.41) is 11.3. The Hall–Kier alpha value is -2.34. The third-order valence-corrected chi connectivity index (χ3v) is 5.20. The second kappa shape index (κ2) is 10.1. The summed E-state index contributed by atoms with van der Waals surface area (Å²) in [7, 11) is 5.97. The zero-order chi connectivity index (χ0) is 19.8. The fraction of sp³-hybridized carbons (Fsp3) is 0.524. The van der Waals surface area contributed by atoms with Crippen LogP contribution < -0.4 is 10.6 Å². The molecule has 1 aromatic carbocycles. The molecule has 0 radical (unpaired) electrons. The molecule has 6 heteroatoms. The second-order valence-electron chi connectivity index (χ2n) is 7.16. The lowest BCUT2D eigenvalue weighted by atomic mass is 10.1. The predicted molar refractivity (Wildman–Crippen MR) is 113 cm³/mol. The predicted octanol–water partition coefficient (Wildman–Crippen LogP) is 2.61. The quantitative estimate of drug-likeness (QED) is 0.554. The molecule has 1 heterocycles. The Morgan fingerprint density at radius 3 is 2.52 bits per heavy atom. The van der Waals surface area contributed by atoms with Crippen LogP contribution in [0, 0.1) is 13.8 Å². The first kappa shape index (κ1) is 21.0. The molecule has 0 aliphatic rings. The smallest absolute Gasteiger partial charge is 0.191 e. The van der Waals surface area contributed by atoms with Crippen molar-refractivity contribution in [2.24, 2.45) is 12.0 Å². The van der Waals surface area contributed by atoms with E-state index in [1.165, 1.54) is 16.8 Å². The maximum absolute atomic E-state index is 4.46. The fourth-order valence-corrected chi connectivity index (χ4v) is 3.11. The van der Waals surface area contributed by atoms with Gasteiger partial charge in [0, 0.05) is 51.0 Å². The highest BCUT2D eigenvalue weighted by atomic mass is 15.3. The molecule has 2 rings (SSSR count). The normalized spacial score (nSPS) is 13.1. The van der Waals surface area contributed by atoms with Crippen LogP contribution in [0.2, 0.25) is 0 Å².